The minimum Gasteiger partial charge on any atom is -0.298 e. The summed E-state index contributed by atoms with van der Waals surface area (Å²) in [6.07, 6.45) is 6.29. The summed E-state index contributed by atoms with van der Waals surface area (Å²) >= 11 is 2.02. The number of hydrogen-bond acceptors (Lipinski definition) is 3. The van der Waals surface area contributed by atoms with E-state index >= 15 is 0 Å². The largest absolute Gasteiger partial charge is 0.298 e. The molecule has 0 saturated carbocycles. The van der Waals surface area contributed by atoms with Crippen molar-refractivity contribution in [1.82, 2.24) is 9.80 Å². The highest BCUT2D eigenvalue weighted by atomic mass is 32.2. The SMILES string of the molecule is C=CCSCCN1CC2CCCCN2CC1C(C)C. The predicted octanol–water partition coefficient (Wildman–Crippen LogP) is 3.10. The number of fused-ring (bicyclic) bond motifs is 1. The van der Waals surface area contributed by atoms with Gasteiger partial charge in [0.2, 0.25) is 0 Å². The van der Waals surface area contributed by atoms with Gasteiger partial charge < -0.3 is 0 Å². The summed E-state index contributed by atoms with van der Waals surface area (Å²) in [4.78, 5) is 5.54. The fraction of sp³-hybridized carbons (Fsp3) is 0.875. The molecule has 0 aliphatic carbocycles. The maximum atomic E-state index is 3.80. The minimum atomic E-state index is 0.763. The van der Waals surface area contributed by atoms with Crippen LogP contribution in [0.15, 0.2) is 12.7 Å². The number of piperazine rings is 1. The lowest BCUT2D eigenvalue weighted by Gasteiger charge is -2.50. The third-order valence-electron chi connectivity index (χ3n) is 4.61. The second-order valence-electron chi connectivity index (χ2n) is 6.31. The molecule has 3 heteroatoms. The van der Waals surface area contributed by atoms with E-state index in [1.807, 2.05) is 17.8 Å². The summed E-state index contributed by atoms with van der Waals surface area (Å²) in [5.41, 5.74) is 0. The van der Waals surface area contributed by atoms with E-state index in [0.717, 1.165) is 23.8 Å². The van der Waals surface area contributed by atoms with Gasteiger partial charge in [-0.1, -0.05) is 26.3 Å². The van der Waals surface area contributed by atoms with Gasteiger partial charge in [0.05, 0.1) is 0 Å². The van der Waals surface area contributed by atoms with E-state index in [9.17, 15) is 0 Å². The molecule has 0 radical (unpaired) electrons. The molecule has 19 heavy (non-hydrogen) atoms. The molecule has 2 saturated heterocycles. The molecule has 2 fully saturated rings. The molecule has 2 aliphatic heterocycles. The van der Waals surface area contributed by atoms with E-state index in [1.165, 1.54) is 51.2 Å². The maximum absolute atomic E-state index is 3.80. The highest BCUT2D eigenvalue weighted by molar-refractivity contribution is 7.99. The fourth-order valence-electron chi connectivity index (χ4n) is 3.51. The fourth-order valence-corrected chi connectivity index (χ4v) is 4.20. The van der Waals surface area contributed by atoms with Crippen LogP contribution < -0.4 is 0 Å². The Kier molecular flexibility index (Phi) is 6.24. The Balaban J connectivity index is 1.88. The predicted molar refractivity (Wildman–Crippen MR) is 86.9 cm³/mol. The van der Waals surface area contributed by atoms with Crippen LogP contribution in [0.4, 0.5) is 0 Å². The van der Waals surface area contributed by atoms with Gasteiger partial charge in [-0.3, -0.25) is 9.80 Å². The number of thioether (sulfide) groups is 1. The molecular formula is C16H30N2S. The molecule has 2 atom stereocenters. The maximum Gasteiger partial charge on any atom is 0.0247 e. The zero-order valence-electron chi connectivity index (χ0n) is 12.7. The Morgan fingerprint density at radius 3 is 2.89 bits per heavy atom. The van der Waals surface area contributed by atoms with E-state index in [0.29, 0.717) is 0 Å². The Bertz CT molecular complexity index is 280. The molecule has 0 aromatic carbocycles. The van der Waals surface area contributed by atoms with E-state index in [1.54, 1.807) is 0 Å². The van der Waals surface area contributed by atoms with Crippen molar-refractivity contribution in [3.63, 3.8) is 0 Å². The summed E-state index contributed by atoms with van der Waals surface area (Å²) in [5, 5.41) is 0. The first-order chi connectivity index (χ1) is 9.22. The lowest BCUT2D eigenvalue weighted by Crippen LogP contribution is -2.61. The van der Waals surface area contributed by atoms with E-state index in [-0.39, 0.29) is 0 Å². The first kappa shape index (κ1) is 15.4. The van der Waals surface area contributed by atoms with Crippen LogP contribution in [0.1, 0.15) is 33.1 Å². The molecule has 0 aromatic rings. The van der Waals surface area contributed by atoms with Gasteiger partial charge >= 0.3 is 0 Å². The summed E-state index contributed by atoms with van der Waals surface area (Å²) in [7, 11) is 0. The third-order valence-corrected chi connectivity index (χ3v) is 5.56. The minimum absolute atomic E-state index is 0.763. The van der Waals surface area contributed by atoms with Gasteiger partial charge in [0.15, 0.2) is 0 Å². The average Bonchev–Trinajstić information content (AvgIpc) is 2.42. The van der Waals surface area contributed by atoms with Crippen LogP contribution in [0.25, 0.3) is 0 Å². The number of hydrogen-bond donors (Lipinski definition) is 0. The van der Waals surface area contributed by atoms with Gasteiger partial charge in [-0.2, -0.15) is 11.8 Å². The Hall–Kier alpha value is 0.01000. The summed E-state index contributed by atoms with van der Waals surface area (Å²) in [5.74, 6) is 3.12. The van der Waals surface area contributed by atoms with Crippen molar-refractivity contribution in [2.24, 2.45) is 5.92 Å². The van der Waals surface area contributed by atoms with Crippen LogP contribution in [0, 0.1) is 5.92 Å². The van der Waals surface area contributed by atoms with Crippen molar-refractivity contribution >= 4 is 11.8 Å². The van der Waals surface area contributed by atoms with Crippen molar-refractivity contribution in [2.75, 3.05) is 37.7 Å². The molecule has 0 spiro atoms. The quantitative estimate of drug-likeness (QED) is 0.546. The van der Waals surface area contributed by atoms with Crippen molar-refractivity contribution in [2.45, 2.75) is 45.2 Å². The normalized spacial score (nSPS) is 29.4. The summed E-state index contributed by atoms with van der Waals surface area (Å²) in [6.45, 7) is 13.8. The monoisotopic (exact) mass is 282 g/mol. The first-order valence-electron chi connectivity index (χ1n) is 7.89. The number of rotatable bonds is 6. The molecule has 0 bridgehead atoms. The van der Waals surface area contributed by atoms with E-state index < -0.39 is 0 Å². The summed E-state index contributed by atoms with van der Waals surface area (Å²) in [6, 6.07) is 1.60. The van der Waals surface area contributed by atoms with Crippen LogP contribution in [0.5, 0.6) is 0 Å². The number of piperidine rings is 1. The smallest absolute Gasteiger partial charge is 0.0247 e. The van der Waals surface area contributed by atoms with Crippen molar-refractivity contribution in [3.05, 3.63) is 12.7 Å². The van der Waals surface area contributed by atoms with Gasteiger partial charge in [0.25, 0.3) is 0 Å². The molecule has 2 rings (SSSR count). The average molecular weight is 282 g/mol. The van der Waals surface area contributed by atoms with Gasteiger partial charge in [-0.15, -0.1) is 6.58 Å². The van der Waals surface area contributed by atoms with Crippen LogP contribution >= 0.6 is 11.8 Å². The Labute approximate surface area is 123 Å². The summed E-state index contributed by atoms with van der Waals surface area (Å²) < 4.78 is 0. The molecular weight excluding hydrogens is 252 g/mol. The molecule has 110 valence electrons. The van der Waals surface area contributed by atoms with Crippen LogP contribution in [0.3, 0.4) is 0 Å². The highest BCUT2D eigenvalue weighted by Crippen LogP contribution is 2.27. The van der Waals surface area contributed by atoms with Crippen molar-refractivity contribution in [1.29, 1.82) is 0 Å². The third kappa shape index (κ3) is 4.24. The highest BCUT2D eigenvalue weighted by Gasteiger charge is 2.35. The van der Waals surface area contributed by atoms with E-state index in [2.05, 4.69) is 30.2 Å². The lowest BCUT2D eigenvalue weighted by molar-refractivity contribution is -0.00397. The lowest BCUT2D eigenvalue weighted by atomic mass is 9.92. The first-order valence-corrected chi connectivity index (χ1v) is 9.04. The van der Waals surface area contributed by atoms with Crippen LogP contribution in [-0.4, -0.2) is 59.6 Å². The zero-order chi connectivity index (χ0) is 13.7. The molecule has 2 heterocycles. The van der Waals surface area contributed by atoms with Crippen LogP contribution in [-0.2, 0) is 0 Å². The van der Waals surface area contributed by atoms with Crippen LogP contribution in [0.2, 0.25) is 0 Å². The van der Waals surface area contributed by atoms with Gasteiger partial charge in [-0.05, 0) is 25.3 Å². The molecule has 0 aromatic heterocycles. The van der Waals surface area contributed by atoms with Crippen molar-refractivity contribution < 1.29 is 0 Å². The zero-order valence-corrected chi connectivity index (χ0v) is 13.5. The van der Waals surface area contributed by atoms with Gasteiger partial charge in [0.1, 0.15) is 0 Å². The second kappa shape index (κ2) is 7.70. The molecule has 2 unspecified atom stereocenters. The second-order valence-corrected chi connectivity index (χ2v) is 7.46. The van der Waals surface area contributed by atoms with Crippen molar-refractivity contribution in [3.8, 4) is 0 Å². The Morgan fingerprint density at radius 2 is 2.16 bits per heavy atom. The number of nitrogens with zero attached hydrogens (tertiary/aromatic N) is 2. The Morgan fingerprint density at radius 1 is 1.32 bits per heavy atom. The van der Waals surface area contributed by atoms with Gasteiger partial charge in [0, 0.05) is 43.2 Å². The molecule has 2 nitrogen and oxygen atoms in total. The van der Waals surface area contributed by atoms with Gasteiger partial charge in [-0.25, -0.2) is 0 Å². The van der Waals surface area contributed by atoms with E-state index in [4.69, 9.17) is 0 Å². The molecule has 2 aliphatic rings. The molecule has 0 N–H and O–H groups in total. The standard InChI is InChI=1S/C16H30N2S/c1-4-10-19-11-9-18-12-15-7-5-6-8-17(15)13-16(18)14(2)3/h4,14-16H,1,5-13H2,2-3H3. The topological polar surface area (TPSA) is 6.48 Å². The molecule has 0 amide bonds.